The smallest absolute Gasteiger partial charge is 0.325 e. The summed E-state index contributed by atoms with van der Waals surface area (Å²) in [4.78, 5) is 40.3. The van der Waals surface area contributed by atoms with Crippen LogP contribution in [-0.4, -0.2) is 40.6 Å². The number of imide groups is 1. The molecule has 2 N–H and O–H groups in total. The Morgan fingerprint density at radius 2 is 2.11 bits per heavy atom. The van der Waals surface area contributed by atoms with Crippen molar-refractivity contribution < 1.29 is 14.4 Å². The maximum atomic E-state index is 13.0. The van der Waals surface area contributed by atoms with E-state index >= 15 is 0 Å². The average Bonchev–Trinajstić information content (AvgIpc) is 2.89. The van der Waals surface area contributed by atoms with Crippen LogP contribution in [0.1, 0.15) is 50.6 Å². The second-order valence-corrected chi connectivity index (χ2v) is 8.87. The first-order chi connectivity index (χ1) is 13.0. The van der Waals surface area contributed by atoms with Gasteiger partial charge < -0.3 is 10.6 Å². The molecule has 144 valence electrons. The Hall–Kier alpha value is -2.02. The van der Waals surface area contributed by atoms with Crippen LogP contribution >= 0.6 is 11.8 Å². The molecule has 1 spiro atoms. The fourth-order valence-electron chi connectivity index (χ4n) is 4.51. The molecule has 3 aliphatic rings. The minimum Gasteiger partial charge on any atom is -0.348 e. The quantitative estimate of drug-likeness (QED) is 0.782. The molecule has 2 heterocycles. The number of urea groups is 1. The number of benzene rings is 1. The van der Waals surface area contributed by atoms with Crippen LogP contribution in [0.5, 0.6) is 0 Å². The SMILES string of the molecule is C[C@@H]1CCCC[C@@]12NC(=O)N(CC(=O)N[C@@H]1CCSc3ccccc31)C2=O. The molecule has 4 amide bonds. The maximum absolute atomic E-state index is 13.0. The zero-order valence-electron chi connectivity index (χ0n) is 15.5. The highest BCUT2D eigenvalue weighted by atomic mass is 32.2. The van der Waals surface area contributed by atoms with Crippen LogP contribution in [0.15, 0.2) is 29.2 Å². The van der Waals surface area contributed by atoms with Gasteiger partial charge in [0.15, 0.2) is 0 Å². The van der Waals surface area contributed by atoms with Gasteiger partial charge in [0, 0.05) is 10.6 Å². The summed E-state index contributed by atoms with van der Waals surface area (Å²) in [5, 5.41) is 5.92. The third kappa shape index (κ3) is 3.22. The molecule has 0 radical (unpaired) electrons. The Morgan fingerprint density at radius 1 is 1.30 bits per heavy atom. The summed E-state index contributed by atoms with van der Waals surface area (Å²) < 4.78 is 0. The molecule has 0 unspecified atom stereocenters. The van der Waals surface area contributed by atoms with Gasteiger partial charge in [-0.2, -0.15) is 0 Å². The van der Waals surface area contributed by atoms with Crippen molar-refractivity contribution in [3.8, 4) is 0 Å². The Morgan fingerprint density at radius 3 is 2.93 bits per heavy atom. The Bertz CT molecular complexity index is 783. The molecule has 6 nitrogen and oxygen atoms in total. The van der Waals surface area contributed by atoms with Gasteiger partial charge in [-0.1, -0.05) is 38.0 Å². The van der Waals surface area contributed by atoms with Crippen molar-refractivity contribution in [2.45, 2.75) is 55.5 Å². The van der Waals surface area contributed by atoms with E-state index in [1.165, 1.54) is 4.90 Å². The number of fused-ring (bicyclic) bond motifs is 1. The van der Waals surface area contributed by atoms with Gasteiger partial charge in [-0.05, 0) is 36.8 Å². The number of thioether (sulfide) groups is 1. The summed E-state index contributed by atoms with van der Waals surface area (Å²) in [6.07, 6.45) is 4.42. The molecule has 27 heavy (non-hydrogen) atoms. The largest absolute Gasteiger partial charge is 0.348 e. The summed E-state index contributed by atoms with van der Waals surface area (Å²) in [7, 11) is 0. The molecule has 2 aliphatic heterocycles. The Labute approximate surface area is 163 Å². The second kappa shape index (κ2) is 7.19. The van der Waals surface area contributed by atoms with Gasteiger partial charge in [0.25, 0.3) is 5.91 Å². The van der Waals surface area contributed by atoms with Gasteiger partial charge >= 0.3 is 6.03 Å². The van der Waals surface area contributed by atoms with Crippen LogP contribution in [0.25, 0.3) is 0 Å². The molecule has 7 heteroatoms. The molecule has 2 fully saturated rings. The van der Waals surface area contributed by atoms with E-state index in [0.29, 0.717) is 6.42 Å². The van der Waals surface area contributed by atoms with Crippen molar-refractivity contribution in [1.29, 1.82) is 0 Å². The summed E-state index contributed by atoms with van der Waals surface area (Å²) >= 11 is 1.79. The zero-order chi connectivity index (χ0) is 19.0. The summed E-state index contributed by atoms with van der Waals surface area (Å²) in [5.74, 6) is 0.504. The predicted molar refractivity (Wildman–Crippen MR) is 103 cm³/mol. The molecule has 1 saturated carbocycles. The summed E-state index contributed by atoms with van der Waals surface area (Å²) in [6, 6.07) is 7.54. The molecule has 1 saturated heterocycles. The number of hydrogen-bond acceptors (Lipinski definition) is 4. The number of carbonyl (C=O) groups is 3. The first kappa shape index (κ1) is 18.3. The lowest BCUT2D eigenvalue weighted by Crippen LogP contribution is -2.54. The number of amides is 4. The van der Waals surface area contributed by atoms with Crippen LogP contribution < -0.4 is 10.6 Å². The normalized spacial score (nSPS) is 30.2. The minimum absolute atomic E-state index is 0.0710. The van der Waals surface area contributed by atoms with Gasteiger partial charge in [-0.25, -0.2) is 4.79 Å². The molecular formula is C20H25N3O3S. The third-order valence-electron chi connectivity index (χ3n) is 6.10. The van der Waals surface area contributed by atoms with Gasteiger partial charge in [0.05, 0.1) is 6.04 Å². The highest BCUT2D eigenvalue weighted by Crippen LogP contribution is 2.38. The number of hydrogen-bond donors (Lipinski definition) is 2. The molecule has 0 bridgehead atoms. The van der Waals surface area contributed by atoms with Crippen LogP contribution in [0.4, 0.5) is 4.79 Å². The van der Waals surface area contributed by atoms with Crippen molar-refractivity contribution in [2.75, 3.05) is 12.3 Å². The zero-order valence-corrected chi connectivity index (χ0v) is 16.3. The first-order valence-electron chi connectivity index (χ1n) is 9.66. The molecule has 1 aromatic rings. The van der Waals surface area contributed by atoms with Crippen LogP contribution in [0.2, 0.25) is 0 Å². The van der Waals surface area contributed by atoms with E-state index in [2.05, 4.69) is 16.7 Å². The number of nitrogens with zero attached hydrogens (tertiary/aromatic N) is 1. The predicted octanol–water partition coefficient (Wildman–Crippen LogP) is 2.84. The molecular weight excluding hydrogens is 362 g/mol. The molecule has 4 rings (SSSR count). The maximum Gasteiger partial charge on any atom is 0.325 e. The van der Waals surface area contributed by atoms with Gasteiger partial charge in [0.2, 0.25) is 5.91 Å². The standard InChI is InChI=1S/C20H25N3O3S/c1-13-6-4-5-10-20(13)18(25)23(19(26)22-20)12-17(24)21-15-9-11-27-16-8-3-2-7-14(15)16/h2-3,7-8,13,15H,4-6,9-12H2,1H3,(H,21,24)(H,22,26)/t13-,15-,20-/m1/s1. The van der Waals surface area contributed by atoms with E-state index in [4.69, 9.17) is 0 Å². The molecule has 0 aromatic heterocycles. The minimum atomic E-state index is -0.816. The van der Waals surface area contributed by atoms with Crippen molar-refractivity contribution in [3.63, 3.8) is 0 Å². The monoisotopic (exact) mass is 387 g/mol. The van der Waals surface area contributed by atoms with Crippen molar-refractivity contribution in [2.24, 2.45) is 5.92 Å². The fourth-order valence-corrected chi connectivity index (χ4v) is 5.64. The topological polar surface area (TPSA) is 78.5 Å². The lowest BCUT2D eigenvalue weighted by Gasteiger charge is -2.36. The van der Waals surface area contributed by atoms with E-state index in [1.807, 2.05) is 25.1 Å². The fraction of sp³-hybridized carbons (Fsp3) is 0.550. The van der Waals surface area contributed by atoms with E-state index < -0.39 is 11.6 Å². The first-order valence-corrected chi connectivity index (χ1v) is 10.6. The molecule has 3 atom stereocenters. The number of nitrogens with one attached hydrogen (secondary N) is 2. The van der Waals surface area contributed by atoms with E-state index in [1.54, 1.807) is 11.8 Å². The number of carbonyl (C=O) groups excluding carboxylic acids is 3. The lowest BCUT2D eigenvalue weighted by atomic mass is 9.73. The van der Waals surface area contributed by atoms with Crippen molar-refractivity contribution >= 4 is 29.6 Å². The van der Waals surface area contributed by atoms with Gasteiger partial charge in [-0.3, -0.25) is 14.5 Å². The Balaban J connectivity index is 1.44. The third-order valence-corrected chi connectivity index (χ3v) is 7.22. The highest BCUT2D eigenvalue weighted by Gasteiger charge is 2.55. The lowest BCUT2D eigenvalue weighted by molar-refractivity contribution is -0.137. The van der Waals surface area contributed by atoms with Crippen LogP contribution in [0, 0.1) is 5.92 Å². The summed E-state index contributed by atoms with van der Waals surface area (Å²) in [5.41, 5.74) is 0.292. The number of rotatable bonds is 3. The van der Waals surface area contributed by atoms with Gasteiger partial charge in [-0.15, -0.1) is 11.8 Å². The van der Waals surface area contributed by atoms with E-state index in [9.17, 15) is 14.4 Å². The summed E-state index contributed by atoms with van der Waals surface area (Å²) in [6.45, 7) is 1.79. The Kier molecular flexibility index (Phi) is 4.88. The highest BCUT2D eigenvalue weighted by molar-refractivity contribution is 7.99. The van der Waals surface area contributed by atoms with Crippen LogP contribution in [0.3, 0.4) is 0 Å². The molecule has 1 aliphatic carbocycles. The van der Waals surface area contributed by atoms with Crippen molar-refractivity contribution in [1.82, 2.24) is 15.5 Å². The van der Waals surface area contributed by atoms with E-state index in [0.717, 1.165) is 41.9 Å². The van der Waals surface area contributed by atoms with Gasteiger partial charge in [0.1, 0.15) is 12.1 Å². The van der Waals surface area contributed by atoms with E-state index in [-0.39, 0.29) is 30.3 Å². The van der Waals surface area contributed by atoms with Crippen LogP contribution in [-0.2, 0) is 9.59 Å². The molecule has 1 aromatic carbocycles. The second-order valence-electron chi connectivity index (χ2n) is 7.73. The van der Waals surface area contributed by atoms with Crippen molar-refractivity contribution in [3.05, 3.63) is 29.8 Å². The average molecular weight is 388 g/mol.